The van der Waals surface area contributed by atoms with E-state index < -0.39 is 18.1 Å². The normalized spacial score (nSPS) is 21.3. The third kappa shape index (κ3) is 6.59. The van der Waals surface area contributed by atoms with E-state index in [1.165, 1.54) is 4.57 Å². The van der Waals surface area contributed by atoms with Crippen LogP contribution in [0.2, 0.25) is 0 Å². The van der Waals surface area contributed by atoms with Crippen LogP contribution in [-0.2, 0) is 16.7 Å². The van der Waals surface area contributed by atoms with Crippen molar-refractivity contribution in [3.05, 3.63) is 53.7 Å². The Bertz CT molecular complexity index is 1640. The molecule has 0 radical (unpaired) electrons. The minimum Gasteiger partial charge on any atom is -0.495 e. The molecular weight excluding hydrogens is 579 g/mol. The minimum absolute atomic E-state index is 0.199. The molecule has 6 rings (SSSR count). The van der Waals surface area contributed by atoms with Gasteiger partial charge in [-0.05, 0) is 81.3 Å². The van der Waals surface area contributed by atoms with E-state index in [2.05, 4.69) is 33.4 Å². The smallest absolute Gasteiger partial charge is 0.406 e. The Morgan fingerprint density at radius 3 is 2.44 bits per heavy atom. The lowest BCUT2D eigenvalue weighted by atomic mass is 9.75. The molecule has 10 heteroatoms. The summed E-state index contributed by atoms with van der Waals surface area (Å²) in [5, 5.41) is 17.1. The molecule has 3 heterocycles. The van der Waals surface area contributed by atoms with Gasteiger partial charge in [0.25, 0.3) is 0 Å². The number of fused-ring (bicyclic) bond motifs is 1. The van der Waals surface area contributed by atoms with Gasteiger partial charge < -0.3 is 24.7 Å². The Kier molecular flexibility index (Phi) is 8.41. The number of aromatic nitrogens is 1. The number of rotatable bonds is 8. The van der Waals surface area contributed by atoms with Gasteiger partial charge >= 0.3 is 6.18 Å². The predicted molar refractivity (Wildman–Crippen MR) is 169 cm³/mol. The summed E-state index contributed by atoms with van der Waals surface area (Å²) in [5.74, 6) is 6.54. The topological polar surface area (TPSA) is 74.5 Å². The lowest BCUT2D eigenvalue weighted by Gasteiger charge is -2.58. The molecule has 1 saturated carbocycles. The first kappa shape index (κ1) is 31.1. The summed E-state index contributed by atoms with van der Waals surface area (Å²) >= 11 is 0. The number of alkyl halides is 3. The number of halogens is 3. The molecule has 45 heavy (non-hydrogen) atoms. The van der Waals surface area contributed by atoms with Crippen molar-refractivity contribution in [1.29, 1.82) is 5.26 Å². The van der Waals surface area contributed by atoms with Gasteiger partial charge in [-0.3, -0.25) is 4.90 Å². The zero-order valence-corrected chi connectivity index (χ0v) is 26.1. The summed E-state index contributed by atoms with van der Waals surface area (Å²) in [5.41, 5.74) is 2.92. The highest BCUT2D eigenvalue weighted by Gasteiger charge is 2.50. The van der Waals surface area contributed by atoms with Crippen LogP contribution >= 0.6 is 0 Å². The Morgan fingerprint density at radius 1 is 1.04 bits per heavy atom. The maximum absolute atomic E-state index is 13.7. The summed E-state index contributed by atoms with van der Waals surface area (Å²) < 4.78 is 53.3. The molecule has 2 N–H and O–H groups in total. The fraction of sp³-hybridized carbons (Fsp3) is 0.514. The molecule has 3 aliphatic rings. The molecule has 238 valence electrons. The molecule has 0 atom stereocenters. The average Bonchev–Trinajstić information content (AvgIpc) is 3.31. The number of benzene rings is 2. The van der Waals surface area contributed by atoms with Crippen molar-refractivity contribution in [1.82, 2.24) is 9.47 Å². The summed E-state index contributed by atoms with van der Waals surface area (Å²) in [4.78, 5) is 2.59. The number of likely N-dealkylation sites (tertiary alicyclic amines) is 1. The van der Waals surface area contributed by atoms with Gasteiger partial charge in [0, 0.05) is 41.7 Å². The van der Waals surface area contributed by atoms with E-state index in [-0.39, 0.29) is 12.6 Å². The Hall–Kier alpha value is -3.86. The van der Waals surface area contributed by atoms with E-state index in [0.717, 1.165) is 68.6 Å². The third-order valence-electron chi connectivity index (χ3n) is 9.54. The number of hydrogen-bond donors (Lipinski definition) is 2. The molecule has 1 aliphatic carbocycles. The van der Waals surface area contributed by atoms with Gasteiger partial charge in [-0.1, -0.05) is 18.1 Å². The number of nitrogens with one attached hydrogen (secondary N) is 2. The number of nitrogens with zero attached hydrogens (tertiary/aromatic N) is 3. The molecular formula is C35H40F3N5O2. The van der Waals surface area contributed by atoms with Crippen LogP contribution in [0.3, 0.4) is 0 Å². The maximum Gasteiger partial charge on any atom is 0.406 e. The highest BCUT2D eigenvalue weighted by Crippen LogP contribution is 2.41. The van der Waals surface area contributed by atoms with Crippen LogP contribution in [0.5, 0.6) is 5.75 Å². The van der Waals surface area contributed by atoms with Gasteiger partial charge in [-0.15, -0.1) is 0 Å². The SMILES string of the molecule is COc1cc(C(C)(C)C#N)ccc1NCC#Cc1cc2c(NC3CCC(N4CC5(COC5)C4)CC3)cccc2n1CC(F)(F)F. The maximum atomic E-state index is 13.7. The fourth-order valence-corrected chi connectivity index (χ4v) is 6.88. The molecule has 2 saturated heterocycles. The highest BCUT2D eigenvalue weighted by molar-refractivity contribution is 5.94. The van der Waals surface area contributed by atoms with Gasteiger partial charge in [0.1, 0.15) is 12.3 Å². The molecule has 2 aliphatic heterocycles. The van der Waals surface area contributed by atoms with E-state index in [1.54, 1.807) is 19.2 Å². The van der Waals surface area contributed by atoms with E-state index in [4.69, 9.17) is 9.47 Å². The Morgan fingerprint density at radius 2 is 1.80 bits per heavy atom. The van der Waals surface area contributed by atoms with Crippen molar-refractivity contribution >= 4 is 22.3 Å². The van der Waals surface area contributed by atoms with Crippen molar-refractivity contribution in [2.75, 3.05) is 50.6 Å². The number of ether oxygens (including phenoxy) is 2. The molecule has 0 bridgehead atoms. The van der Waals surface area contributed by atoms with E-state index in [9.17, 15) is 18.4 Å². The summed E-state index contributed by atoms with van der Waals surface area (Å²) in [6, 6.07) is 15.9. The van der Waals surface area contributed by atoms with Crippen LogP contribution in [0.25, 0.3) is 10.9 Å². The number of nitriles is 1. The van der Waals surface area contributed by atoms with Crippen LogP contribution in [0.1, 0.15) is 50.8 Å². The largest absolute Gasteiger partial charge is 0.495 e. The molecule has 7 nitrogen and oxygen atoms in total. The van der Waals surface area contributed by atoms with Gasteiger partial charge in [0.2, 0.25) is 0 Å². The summed E-state index contributed by atoms with van der Waals surface area (Å²) in [6.07, 6.45) is -0.0992. The molecule has 0 unspecified atom stereocenters. The van der Waals surface area contributed by atoms with Gasteiger partial charge in [0.15, 0.2) is 0 Å². The van der Waals surface area contributed by atoms with Gasteiger partial charge in [-0.25, -0.2) is 0 Å². The molecule has 1 aromatic heterocycles. The first-order chi connectivity index (χ1) is 21.5. The summed E-state index contributed by atoms with van der Waals surface area (Å²) in [7, 11) is 1.55. The summed E-state index contributed by atoms with van der Waals surface area (Å²) in [6.45, 7) is 6.82. The average molecular weight is 620 g/mol. The Labute approximate surface area is 262 Å². The predicted octanol–water partition coefficient (Wildman–Crippen LogP) is 6.53. The quantitative estimate of drug-likeness (QED) is 0.279. The number of anilines is 2. The fourth-order valence-electron chi connectivity index (χ4n) is 6.88. The molecule has 1 spiro atoms. The minimum atomic E-state index is -4.39. The van der Waals surface area contributed by atoms with Crippen LogP contribution in [0.15, 0.2) is 42.5 Å². The standard InChI is InChI=1S/C35H40F3N5O2/c1-33(2,18-39)24-9-14-30(32(16-24)44-3)40-15-5-6-27-17-28-29(7-4-8-31(28)43(27)21-35(36,37)38)41-25-10-12-26(13-11-25)42-19-34(20-42)22-45-23-34/h4,7-9,14,16-17,25-26,40-41H,10-13,15,19-23H2,1-3H3. The molecule has 3 aromatic rings. The molecule has 3 fully saturated rings. The lowest BCUT2D eigenvalue weighted by molar-refractivity contribution is -0.200. The van der Waals surface area contributed by atoms with Gasteiger partial charge in [0.05, 0.1) is 55.3 Å². The second kappa shape index (κ2) is 12.2. The second-order valence-electron chi connectivity index (χ2n) is 13.3. The van der Waals surface area contributed by atoms with E-state index in [0.29, 0.717) is 34.1 Å². The van der Waals surface area contributed by atoms with Crippen molar-refractivity contribution in [3.8, 4) is 23.7 Å². The van der Waals surface area contributed by atoms with Crippen molar-refractivity contribution in [2.45, 2.75) is 69.8 Å². The number of methoxy groups -OCH3 is 1. The van der Waals surface area contributed by atoms with Crippen LogP contribution in [0.4, 0.5) is 24.5 Å². The first-order valence-corrected chi connectivity index (χ1v) is 15.6. The second-order valence-corrected chi connectivity index (χ2v) is 13.3. The highest BCUT2D eigenvalue weighted by atomic mass is 19.4. The number of hydrogen-bond acceptors (Lipinski definition) is 6. The van der Waals surface area contributed by atoms with Crippen LogP contribution < -0.4 is 15.4 Å². The van der Waals surface area contributed by atoms with Crippen molar-refractivity contribution in [2.24, 2.45) is 5.41 Å². The van der Waals surface area contributed by atoms with E-state index >= 15 is 0 Å². The monoisotopic (exact) mass is 619 g/mol. The molecule has 0 amide bonds. The first-order valence-electron chi connectivity index (χ1n) is 15.6. The van der Waals surface area contributed by atoms with Crippen LogP contribution in [0, 0.1) is 28.6 Å². The Balaban J connectivity index is 1.15. The zero-order valence-electron chi connectivity index (χ0n) is 26.1. The van der Waals surface area contributed by atoms with Crippen molar-refractivity contribution in [3.63, 3.8) is 0 Å². The lowest BCUT2D eigenvalue weighted by Crippen LogP contribution is -2.68. The van der Waals surface area contributed by atoms with Crippen LogP contribution in [-0.4, -0.2) is 67.7 Å². The van der Waals surface area contributed by atoms with Gasteiger partial charge in [-0.2, -0.15) is 18.4 Å². The van der Waals surface area contributed by atoms with Crippen molar-refractivity contribution < 1.29 is 22.6 Å². The zero-order chi connectivity index (χ0) is 31.8. The third-order valence-corrected chi connectivity index (χ3v) is 9.54. The van der Waals surface area contributed by atoms with E-state index in [1.807, 2.05) is 44.2 Å². The molecule has 2 aromatic carbocycles.